The molecule has 0 fully saturated rings. The summed E-state index contributed by atoms with van der Waals surface area (Å²) in [5, 5.41) is 7.30. The zero-order valence-corrected chi connectivity index (χ0v) is 5.79. The van der Waals surface area contributed by atoms with Crippen molar-refractivity contribution in [3.63, 3.8) is 0 Å². The van der Waals surface area contributed by atoms with E-state index in [2.05, 4.69) is 16.5 Å². The van der Waals surface area contributed by atoms with Crippen LogP contribution in [0, 0.1) is 6.20 Å². The molecule has 9 heavy (non-hydrogen) atoms. The van der Waals surface area contributed by atoms with E-state index < -0.39 is 0 Å². The van der Waals surface area contributed by atoms with E-state index in [1.54, 1.807) is 4.68 Å². The standard InChI is InChI=1S/C5H9N4/c1-8(2)5-4-6-7-9(5)3/h1-3H3. The highest BCUT2D eigenvalue weighted by atomic mass is 15.5. The molecule has 0 aliphatic rings. The Hall–Kier alpha value is -1.06. The van der Waals surface area contributed by atoms with Crippen LogP contribution in [0.4, 0.5) is 5.82 Å². The van der Waals surface area contributed by atoms with Crippen molar-refractivity contribution in [3.05, 3.63) is 6.20 Å². The Morgan fingerprint density at radius 1 is 1.56 bits per heavy atom. The smallest absolute Gasteiger partial charge is 0.161 e. The SMILES string of the molecule is CN(C)c1[c]nnn1C. The average Bonchev–Trinajstić information content (AvgIpc) is 2.13. The number of nitrogens with zero attached hydrogens (tertiary/aromatic N) is 4. The molecule has 4 nitrogen and oxygen atoms in total. The highest BCUT2D eigenvalue weighted by Gasteiger charge is 1.99. The van der Waals surface area contributed by atoms with Crippen molar-refractivity contribution < 1.29 is 0 Å². The highest BCUT2D eigenvalue weighted by molar-refractivity contribution is 5.31. The van der Waals surface area contributed by atoms with E-state index in [0.29, 0.717) is 0 Å². The second-order valence-corrected chi connectivity index (χ2v) is 2.04. The fraction of sp³-hybridized carbons (Fsp3) is 0.600. The van der Waals surface area contributed by atoms with E-state index in [9.17, 15) is 0 Å². The van der Waals surface area contributed by atoms with Gasteiger partial charge >= 0.3 is 0 Å². The van der Waals surface area contributed by atoms with Gasteiger partial charge in [0, 0.05) is 21.1 Å². The highest BCUT2D eigenvalue weighted by Crippen LogP contribution is 2.02. The molecule has 0 N–H and O–H groups in total. The maximum absolute atomic E-state index is 3.71. The number of rotatable bonds is 1. The van der Waals surface area contributed by atoms with Crippen LogP contribution >= 0.6 is 0 Å². The molecular formula is C5H9N4. The van der Waals surface area contributed by atoms with Crippen LogP contribution in [0.1, 0.15) is 0 Å². The zero-order chi connectivity index (χ0) is 6.85. The minimum absolute atomic E-state index is 0.884. The van der Waals surface area contributed by atoms with E-state index in [1.807, 2.05) is 26.0 Å². The summed E-state index contributed by atoms with van der Waals surface area (Å²) >= 11 is 0. The van der Waals surface area contributed by atoms with E-state index in [0.717, 1.165) is 5.82 Å². The summed E-state index contributed by atoms with van der Waals surface area (Å²) in [6.45, 7) is 0. The van der Waals surface area contributed by atoms with Gasteiger partial charge in [0.1, 0.15) is 0 Å². The Morgan fingerprint density at radius 3 is 2.44 bits per heavy atom. The lowest BCUT2D eigenvalue weighted by atomic mass is 10.7. The van der Waals surface area contributed by atoms with Crippen LogP contribution in [0.2, 0.25) is 0 Å². The molecule has 4 heteroatoms. The Labute approximate surface area is 54.1 Å². The Bertz CT molecular complexity index is 191. The monoisotopic (exact) mass is 125 g/mol. The molecule has 1 aromatic heterocycles. The summed E-state index contributed by atoms with van der Waals surface area (Å²) in [5.74, 6) is 0.884. The summed E-state index contributed by atoms with van der Waals surface area (Å²) in [5.41, 5.74) is 0. The van der Waals surface area contributed by atoms with Crippen molar-refractivity contribution in [2.24, 2.45) is 7.05 Å². The second kappa shape index (κ2) is 2.05. The molecule has 0 saturated carbocycles. The molecule has 0 saturated heterocycles. The first kappa shape index (κ1) is 6.07. The van der Waals surface area contributed by atoms with Crippen LogP contribution in [0.3, 0.4) is 0 Å². The largest absolute Gasteiger partial charge is 0.361 e. The molecule has 0 atom stereocenters. The van der Waals surface area contributed by atoms with Gasteiger partial charge in [-0.15, -0.1) is 5.10 Å². The zero-order valence-electron chi connectivity index (χ0n) is 5.79. The third kappa shape index (κ3) is 1.01. The van der Waals surface area contributed by atoms with Gasteiger partial charge in [-0.25, -0.2) is 4.68 Å². The van der Waals surface area contributed by atoms with Crippen LogP contribution < -0.4 is 4.90 Å². The van der Waals surface area contributed by atoms with E-state index in [1.165, 1.54) is 0 Å². The molecule has 0 unspecified atom stereocenters. The fourth-order valence-corrected chi connectivity index (χ4v) is 0.638. The second-order valence-electron chi connectivity index (χ2n) is 2.04. The molecule has 0 amide bonds. The van der Waals surface area contributed by atoms with Gasteiger partial charge < -0.3 is 4.90 Å². The lowest BCUT2D eigenvalue weighted by Gasteiger charge is -2.08. The summed E-state index contributed by atoms with van der Waals surface area (Å²) in [7, 11) is 5.68. The molecule has 0 aliphatic heterocycles. The molecule has 0 spiro atoms. The summed E-state index contributed by atoms with van der Waals surface area (Å²) in [6.07, 6.45) is 2.73. The number of aryl methyl sites for hydroxylation is 1. The molecule has 1 aromatic rings. The molecular weight excluding hydrogens is 116 g/mol. The van der Waals surface area contributed by atoms with Gasteiger partial charge in [0.25, 0.3) is 0 Å². The van der Waals surface area contributed by atoms with Gasteiger partial charge in [-0.05, 0) is 0 Å². The molecule has 0 aliphatic carbocycles. The average molecular weight is 125 g/mol. The van der Waals surface area contributed by atoms with Crippen LogP contribution in [0.25, 0.3) is 0 Å². The number of aromatic nitrogens is 3. The molecule has 49 valence electrons. The van der Waals surface area contributed by atoms with Crippen LogP contribution in [0.5, 0.6) is 0 Å². The van der Waals surface area contributed by atoms with Crippen LogP contribution in [-0.2, 0) is 7.05 Å². The van der Waals surface area contributed by atoms with E-state index >= 15 is 0 Å². The van der Waals surface area contributed by atoms with Gasteiger partial charge in [0.05, 0.1) is 0 Å². The van der Waals surface area contributed by atoms with Gasteiger partial charge in [0.2, 0.25) is 0 Å². The van der Waals surface area contributed by atoms with Crippen LogP contribution in [0.15, 0.2) is 0 Å². The number of hydrogen-bond donors (Lipinski definition) is 0. The van der Waals surface area contributed by atoms with Crippen molar-refractivity contribution in [1.82, 2.24) is 15.0 Å². The minimum Gasteiger partial charge on any atom is -0.361 e. The summed E-state index contributed by atoms with van der Waals surface area (Å²) < 4.78 is 1.67. The van der Waals surface area contributed by atoms with Crippen molar-refractivity contribution in [3.8, 4) is 0 Å². The van der Waals surface area contributed by atoms with E-state index in [-0.39, 0.29) is 0 Å². The fourth-order valence-electron chi connectivity index (χ4n) is 0.638. The third-order valence-corrected chi connectivity index (χ3v) is 1.06. The lowest BCUT2D eigenvalue weighted by Crippen LogP contribution is -2.12. The van der Waals surface area contributed by atoms with Crippen molar-refractivity contribution in [2.75, 3.05) is 19.0 Å². The van der Waals surface area contributed by atoms with Gasteiger partial charge in [0.15, 0.2) is 12.0 Å². The van der Waals surface area contributed by atoms with Gasteiger partial charge in [-0.2, -0.15) is 0 Å². The van der Waals surface area contributed by atoms with Crippen molar-refractivity contribution in [1.29, 1.82) is 0 Å². The summed E-state index contributed by atoms with van der Waals surface area (Å²) in [4.78, 5) is 1.90. The maximum atomic E-state index is 3.71. The first-order valence-electron chi connectivity index (χ1n) is 2.66. The Kier molecular flexibility index (Phi) is 1.38. The molecule has 0 bridgehead atoms. The van der Waals surface area contributed by atoms with Gasteiger partial charge in [-0.3, -0.25) is 0 Å². The van der Waals surface area contributed by atoms with Gasteiger partial charge in [-0.1, -0.05) is 5.21 Å². The molecule has 0 aromatic carbocycles. The predicted molar refractivity (Wildman–Crippen MR) is 34.2 cm³/mol. The molecule has 1 heterocycles. The Morgan fingerprint density at radius 2 is 2.22 bits per heavy atom. The number of hydrogen-bond acceptors (Lipinski definition) is 3. The topological polar surface area (TPSA) is 34.0 Å². The minimum atomic E-state index is 0.884. The van der Waals surface area contributed by atoms with Crippen molar-refractivity contribution in [2.45, 2.75) is 0 Å². The third-order valence-electron chi connectivity index (χ3n) is 1.06. The normalized spacial score (nSPS) is 9.67. The van der Waals surface area contributed by atoms with Crippen molar-refractivity contribution >= 4 is 5.82 Å². The predicted octanol–water partition coefficient (Wildman–Crippen LogP) is -0.319. The quantitative estimate of drug-likeness (QED) is 0.516. The maximum Gasteiger partial charge on any atom is 0.161 e. The molecule has 1 radical (unpaired) electrons. The lowest BCUT2D eigenvalue weighted by molar-refractivity contribution is 0.708. The molecule has 1 rings (SSSR count). The Balaban J connectivity index is 2.94. The van der Waals surface area contributed by atoms with Crippen LogP contribution in [-0.4, -0.2) is 29.1 Å². The number of anilines is 1. The first-order valence-corrected chi connectivity index (χ1v) is 2.66. The first-order chi connectivity index (χ1) is 4.22. The summed E-state index contributed by atoms with van der Waals surface area (Å²) in [6, 6.07) is 0. The van der Waals surface area contributed by atoms with E-state index in [4.69, 9.17) is 0 Å².